The van der Waals surface area contributed by atoms with Crippen LogP contribution in [0.3, 0.4) is 0 Å². The molecule has 0 fully saturated rings. The highest BCUT2D eigenvalue weighted by molar-refractivity contribution is 5.42. The van der Waals surface area contributed by atoms with E-state index in [0.29, 0.717) is 0 Å². The quantitative estimate of drug-likeness (QED) is 0.553. The maximum absolute atomic E-state index is 3.18. The van der Waals surface area contributed by atoms with E-state index in [4.69, 9.17) is 0 Å². The molecule has 0 spiro atoms. The van der Waals surface area contributed by atoms with Crippen LogP contribution in [0.1, 0.15) is 23.6 Å². The first-order chi connectivity index (χ1) is 6.74. The molecule has 14 heavy (non-hydrogen) atoms. The van der Waals surface area contributed by atoms with Crippen LogP contribution in [-0.2, 0) is 0 Å². The molecule has 0 aromatic heterocycles. The molecular weight excluding hydrogens is 170 g/mol. The van der Waals surface area contributed by atoms with Gasteiger partial charge >= 0.3 is 0 Å². The fourth-order valence-electron chi connectivity index (χ4n) is 1.28. The SMILES string of the molecule is CCNCC#Cc1ccc(C)cc1C. The van der Waals surface area contributed by atoms with E-state index in [0.717, 1.165) is 18.7 Å². The maximum atomic E-state index is 3.18. The molecule has 0 aliphatic rings. The Balaban J connectivity index is 2.70. The molecule has 0 aliphatic carbocycles. The van der Waals surface area contributed by atoms with Crippen LogP contribution in [-0.4, -0.2) is 13.1 Å². The number of nitrogens with one attached hydrogen (secondary N) is 1. The molecule has 1 aromatic rings. The zero-order chi connectivity index (χ0) is 10.4. The lowest BCUT2D eigenvalue weighted by atomic mass is 10.1. The number of rotatable bonds is 2. The molecule has 1 nitrogen and oxygen atoms in total. The molecular formula is C13H17N. The summed E-state index contributed by atoms with van der Waals surface area (Å²) in [4.78, 5) is 0. The van der Waals surface area contributed by atoms with Gasteiger partial charge in [-0.05, 0) is 32.0 Å². The van der Waals surface area contributed by atoms with Gasteiger partial charge in [0.15, 0.2) is 0 Å². The van der Waals surface area contributed by atoms with Crippen molar-refractivity contribution in [2.75, 3.05) is 13.1 Å². The van der Waals surface area contributed by atoms with Gasteiger partial charge in [-0.3, -0.25) is 0 Å². The van der Waals surface area contributed by atoms with Crippen molar-refractivity contribution in [3.63, 3.8) is 0 Å². The second kappa shape index (κ2) is 5.47. The molecule has 0 unspecified atom stereocenters. The van der Waals surface area contributed by atoms with Crippen molar-refractivity contribution in [2.24, 2.45) is 0 Å². The summed E-state index contributed by atoms with van der Waals surface area (Å²) < 4.78 is 0. The van der Waals surface area contributed by atoms with E-state index in [9.17, 15) is 0 Å². The van der Waals surface area contributed by atoms with Crippen LogP contribution in [0.2, 0.25) is 0 Å². The zero-order valence-electron chi connectivity index (χ0n) is 9.15. The van der Waals surface area contributed by atoms with E-state index in [1.54, 1.807) is 0 Å². The fourth-order valence-corrected chi connectivity index (χ4v) is 1.28. The molecule has 74 valence electrons. The van der Waals surface area contributed by atoms with Crippen molar-refractivity contribution >= 4 is 0 Å². The molecule has 0 saturated heterocycles. The lowest BCUT2D eigenvalue weighted by Crippen LogP contribution is -2.11. The molecule has 0 bridgehead atoms. The third-order valence-electron chi connectivity index (χ3n) is 2.07. The molecule has 0 atom stereocenters. The summed E-state index contributed by atoms with van der Waals surface area (Å²) in [5.74, 6) is 6.26. The fraction of sp³-hybridized carbons (Fsp3) is 0.385. The van der Waals surface area contributed by atoms with Gasteiger partial charge < -0.3 is 5.32 Å². The first-order valence-corrected chi connectivity index (χ1v) is 5.01. The minimum atomic E-state index is 0.768. The number of aryl methyl sites for hydroxylation is 2. The van der Waals surface area contributed by atoms with Crippen LogP contribution in [0.5, 0.6) is 0 Å². The molecule has 0 aliphatic heterocycles. The van der Waals surface area contributed by atoms with Gasteiger partial charge in [-0.25, -0.2) is 0 Å². The Bertz CT molecular complexity index is 355. The first-order valence-electron chi connectivity index (χ1n) is 5.01. The standard InChI is InChI=1S/C13H17N/c1-4-14-9-5-6-13-8-7-11(2)10-12(13)3/h7-8,10,14H,4,9H2,1-3H3. The predicted molar refractivity (Wildman–Crippen MR) is 61.3 cm³/mol. The second-order valence-electron chi connectivity index (χ2n) is 3.40. The summed E-state index contributed by atoms with van der Waals surface area (Å²) in [6.07, 6.45) is 0. The van der Waals surface area contributed by atoms with E-state index in [1.165, 1.54) is 11.1 Å². The van der Waals surface area contributed by atoms with Crippen LogP contribution in [0.4, 0.5) is 0 Å². The van der Waals surface area contributed by atoms with E-state index in [1.807, 2.05) is 0 Å². The van der Waals surface area contributed by atoms with Crippen LogP contribution in [0, 0.1) is 25.7 Å². The number of benzene rings is 1. The van der Waals surface area contributed by atoms with E-state index < -0.39 is 0 Å². The number of hydrogen-bond donors (Lipinski definition) is 1. The van der Waals surface area contributed by atoms with Gasteiger partial charge in [0.1, 0.15) is 0 Å². The van der Waals surface area contributed by atoms with Crippen LogP contribution < -0.4 is 5.32 Å². The molecule has 1 N–H and O–H groups in total. The topological polar surface area (TPSA) is 12.0 Å². The summed E-state index contributed by atoms with van der Waals surface area (Å²) in [7, 11) is 0. The summed E-state index contributed by atoms with van der Waals surface area (Å²) >= 11 is 0. The highest BCUT2D eigenvalue weighted by Gasteiger charge is 1.93. The third-order valence-corrected chi connectivity index (χ3v) is 2.07. The zero-order valence-corrected chi connectivity index (χ0v) is 9.15. The smallest absolute Gasteiger partial charge is 0.0580 e. The predicted octanol–water partition coefficient (Wildman–Crippen LogP) is 2.26. The number of hydrogen-bond acceptors (Lipinski definition) is 1. The van der Waals surface area contributed by atoms with Crippen LogP contribution in [0.15, 0.2) is 18.2 Å². The molecule has 1 rings (SSSR count). The van der Waals surface area contributed by atoms with E-state index in [2.05, 4.69) is 56.1 Å². The summed E-state index contributed by atoms with van der Waals surface area (Å²) in [5.41, 5.74) is 3.68. The van der Waals surface area contributed by atoms with Crippen LogP contribution in [0.25, 0.3) is 0 Å². The molecule has 0 saturated carbocycles. The summed E-state index contributed by atoms with van der Waals surface area (Å²) in [5, 5.41) is 3.18. The monoisotopic (exact) mass is 187 g/mol. The van der Waals surface area contributed by atoms with Gasteiger partial charge in [-0.2, -0.15) is 0 Å². The van der Waals surface area contributed by atoms with Crippen molar-refractivity contribution in [1.82, 2.24) is 5.32 Å². The molecule has 0 heterocycles. The Kier molecular flexibility index (Phi) is 4.22. The van der Waals surface area contributed by atoms with Gasteiger partial charge in [0.2, 0.25) is 0 Å². The normalized spacial score (nSPS) is 9.36. The molecule has 1 aromatic carbocycles. The Hall–Kier alpha value is -1.26. The first kappa shape index (κ1) is 10.8. The van der Waals surface area contributed by atoms with Gasteiger partial charge in [-0.1, -0.05) is 36.5 Å². The van der Waals surface area contributed by atoms with Gasteiger partial charge in [0.25, 0.3) is 0 Å². The van der Waals surface area contributed by atoms with Crippen molar-refractivity contribution in [2.45, 2.75) is 20.8 Å². The van der Waals surface area contributed by atoms with E-state index in [-0.39, 0.29) is 0 Å². The van der Waals surface area contributed by atoms with Crippen molar-refractivity contribution in [1.29, 1.82) is 0 Å². The summed E-state index contributed by atoms with van der Waals surface area (Å²) in [6, 6.07) is 6.35. The van der Waals surface area contributed by atoms with Crippen molar-refractivity contribution in [3.05, 3.63) is 34.9 Å². The average molecular weight is 187 g/mol. The maximum Gasteiger partial charge on any atom is 0.0580 e. The highest BCUT2D eigenvalue weighted by atomic mass is 14.8. The second-order valence-corrected chi connectivity index (χ2v) is 3.40. The molecule has 0 amide bonds. The molecule has 0 radical (unpaired) electrons. The Morgan fingerprint density at radius 3 is 2.71 bits per heavy atom. The van der Waals surface area contributed by atoms with E-state index >= 15 is 0 Å². The van der Waals surface area contributed by atoms with Gasteiger partial charge in [0, 0.05) is 5.56 Å². The van der Waals surface area contributed by atoms with Gasteiger partial charge in [0.05, 0.1) is 6.54 Å². The molecule has 1 heteroatoms. The van der Waals surface area contributed by atoms with Crippen molar-refractivity contribution < 1.29 is 0 Å². The summed E-state index contributed by atoms with van der Waals surface area (Å²) in [6.45, 7) is 8.03. The minimum Gasteiger partial charge on any atom is -0.306 e. The lowest BCUT2D eigenvalue weighted by molar-refractivity contribution is 0.811. The van der Waals surface area contributed by atoms with Gasteiger partial charge in [-0.15, -0.1) is 0 Å². The minimum absolute atomic E-state index is 0.768. The van der Waals surface area contributed by atoms with Crippen LogP contribution >= 0.6 is 0 Å². The third kappa shape index (κ3) is 3.24. The largest absolute Gasteiger partial charge is 0.306 e. The lowest BCUT2D eigenvalue weighted by Gasteiger charge is -1.98. The van der Waals surface area contributed by atoms with Crippen molar-refractivity contribution in [3.8, 4) is 11.8 Å². The highest BCUT2D eigenvalue weighted by Crippen LogP contribution is 2.08. The Labute approximate surface area is 86.5 Å². The Morgan fingerprint density at radius 1 is 1.29 bits per heavy atom. The Morgan fingerprint density at radius 2 is 2.07 bits per heavy atom. The average Bonchev–Trinajstić information content (AvgIpc) is 2.15.